The summed E-state index contributed by atoms with van der Waals surface area (Å²) in [6, 6.07) is 25.9. The van der Waals surface area contributed by atoms with E-state index in [0.717, 1.165) is 16.9 Å². The highest BCUT2D eigenvalue weighted by Crippen LogP contribution is 2.29. The number of nitriles is 1. The van der Waals surface area contributed by atoms with Gasteiger partial charge in [-0.1, -0.05) is 60.7 Å². The molecule has 3 aromatic rings. The lowest BCUT2D eigenvalue weighted by molar-refractivity contribution is -0.132. The maximum Gasteiger partial charge on any atom is 0.223 e. The van der Waals surface area contributed by atoms with Gasteiger partial charge >= 0.3 is 0 Å². The van der Waals surface area contributed by atoms with Crippen molar-refractivity contribution in [1.82, 2.24) is 4.90 Å². The lowest BCUT2D eigenvalue weighted by Gasteiger charge is -2.24. The molecule has 27 heavy (non-hydrogen) atoms. The summed E-state index contributed by atoms with van der Waals surface area (Å²) in [6.45, 7) is 0.774. The summed E-state index contributed by atoms with van der Waals surface area (Å²) in [4.78, 5) is 14.8. The van der Waals surface area contributed by atoms with Crippen LogP contribution in [0.4, 0.5) is 0 Å². The van der Waals surface area contributed by atoms with E-state index >= 15 is 0 Å². The normalized spacial score (nSPS) is 10.5. The summed E-state index contributed by atoms with van der Waals surface area (Å²) in [5.74, 6) is 0.706. The highest BCUT2D eigenvalue weighted by Gasteiger charge is 2.22. The third-order valence-corrected chi connectivity index (χ3v) is 4.56. The summed E-state index contributed by atoms with van der Waals surface area (Å²) in [5, 5.41) is 8.95. The van der Waals surface area contributed by atoms with Crippen molar-refractivity contribution in [2.45, 2.75) is 25.3 Å². The molecule has 0 atom stereocenters. The number of hydrogen-bond donors (Lipinski definition) is 0. The molecule has 0 bridgehead atoms. The Bertz CT molecular complexity index is 828. The molecule has 0 unspecified atom stereocenters. The zero-order chi connectivity index (χ0) is 18.9. The van der Waals surface area contributed by atoms with Crippen LogP contribution in [-0.4, -0.2) is 17.4 Å². The Hall–Kier alpha value is -3.32. The predicted octanol–water partition coefficient (Wildman–Crippen LogP) is 4.74. The quantitative estimate of drug-likeness (QED) is 0.584. The Morgan fingerprint density at radius 2 is 1.59 bits per heavy atom. The molecule has 1 amide bonds. The van der Waals surface area contributed by atoms with E-state index in [2.05, 4.69) is 30.3 Å². The van der Waals surface area contributed by atoms with Gasteiger partial charge in [0.2, 0.25) is 5.91 Å². The van der Waals surface area contributed by atoms with Crippen LogP contribution in [0.3, 0.4) is 0 Å². The number of rotatable bonds is 8. The van der Waals surface area contributed by atoms with E-state index in [-0.39, 0.29) is 11.8 Å². The van der Waals surface area contributed by atoms with Crippen molar-refractivity contribution in [3.63, 3.8) is 0 Å². The SMILES string of the molecule is N#CCCN(Cc1ccco1)C(=O)CC(c1ccccc1)c1ccccc1. The second kappa shape index (κ2) is 9.40. The minimum absolute atomic E-state index is 0.0133. The molecule has 0 aliphatic heterocycles. The van der Waals surface area contributed by atoms with Gasteiger partial charge in [0.15, 0.2) is 0 Å². The molecule has 4 nitrogen and oxygen atoms in total. The third-order valence-electron chi connectivity index (χ3n) is 4.56. The Morgan fingerprint density at radius 3 is 2.11 bits per heavy atom. The smallest absolute Gasteiger partial charge is 0.223 e. The molecule has 0 fully saturated rings. The third kappa shape index (κ3) is 5.08. The average molecular weight is 358 g/mol. The molecular weight excluding hydrogens is 336 g/mol. The molecule has 136 valence electrons. The second-order valence-electron chi connectivity index (χ2n) is 6.38. The number of nitrogens with zero attached hydrogens (tertiary/aromatic N) is 2. The minimum atomic E-state index is -0.0268. The molecule has 3 rings (SSSR count). The van der Waals surface area contributed by atoms with E-state index < -0.39 is 0 Å². The first-order chi connectivity index (χ1) is 13.3. The molecule has 0 N–H and O–H groups in total. The van der Waals surface area contributed by atoms with Crippen LogP contribution < -0.4 is 0 Å². The lowest BCUT2D eigenvalue weighted by Crippen LogP contribution is -2.32. The second-order valence-corrected chi connectivity index (χ2v) is 6.38. The fourth-order valence-corrected chi connectivity index (χ4v) is 3.17. The van der Waals surface area contributed by atoms with Crippen LogP contribution in [0.1, 0.15) is 35.6 Å². The first kappa shape index (κ1) is 18.5. The van der Waals surface area contributed by atoms with Crippen molar-refractivity contribution in [1.29, 1.82) is 5.26 Å². The van der Waals surface area contributed by atoms with E-state index in [9.17, 15) is 4.79 Å². The van der Waals surface area contributed by atoms with E-state index in [1.807, 2.05) is 42.5 Å². The highest BCUT2D eigenvalue weighted by molar-refractivity contribution is 5.77. The summed E-state index contributed by atoms with van der Waals surface area (Å²) in [5.41, 5.74) is 2.21. The molecule has 0 aliphatic carbocycles. The van der Waals surface area contributed by atoms with Crippen LogP contribution in [0.2, 0.25) is 0 Å². The largest absolute Gasteiger partial charge is 0.467 e. The van der Waals surface area contributed by atoms with Crippen molar-refractivity contribution in [2.75, 3.05) is 6.54 Å². The molecule has 0 saturated heterocycles. The molecular formula is C23H22N2O2. The van der Waals surface area contributed by atoms with Gasteiger partial charge in [-0.15, -0.1) is 0 Å². The number of carbonyl (C=O) groups excluding carboxylic acids is 1. The van der Waals surface area contributed by atoms with Gasteiger partial charge in [-0.25, -0.2) is 0 Å². The van der Waals surface area contributed by atoms with Gasteiger partial charge in [0.1, 0.15) is 5.76 Å². The minimum Gasteiger partial charge on any atom is -0.467 e. The summed E-state index contributed by atoms with van der Waals surface area (Å²) >= 11 is 0. The highest BCUT2D eigenvalue weighted by atomic mass is 16.3. The standard InChI is InChI=1S/C23H22N2O2/c24-14-8-15-25(18-21-13-7-16-27-21)23(26)17-22(19-9-3-1-4-10-19)20-11-5-2-6-12-20/h1-7,9-13,16,22H,8,15,17-18H2. The molecule has 1 aromatic heterocycles. The van der Waals surface area contributed by atoms with Gasteiger partial charge in [-0.05, 0) is 23.3 Å². The fourth-order valence-electron chi connectivity index (χ4n) is 3.17. The molecule has 0 aliphatic rings. The number of benzene rings is 2. The van der Waals surface area contributed by atoms with Crippen LogP contribution in [-0.2, 0) is 11.3 Å². The van der Waals surface area contributed by atoms with Crippen molar-refractivity contribution in [3.8, 4) is 6.07 Å². The van der Waals surface area contributed by atoms with Crippen LogP contribution in [0.25, 0.3) is 0 Å². The van der Waals surface area contributed by atoms with Crippen molar-refractivity contribution in [2.24, 2.45) is 0 Å². The Kier molecular flexibility index (Phi) is 6.43. The van der Waals surface area contributed by atoms with Crippen LogP contribution in [0.15, 0.2) is 83.5 Å². The van der Waals surface area contributed by atoms with E-state index in [1.54, 1.807) is 17.2 Å². The first-order valence-corrected chi connectivity index (χ1v) is 9.05. The lowest BCUT2D eigenvalue weighted by atomic mass is 9.88. The van der Waals surface area contributed by atoms with Gasteiger partial charge in [0.25, 0.3) is 0 Å². The van der Waals surface area contributed by atoms with Crippen LogP contribution in [0.5, 0.6) is 0 Å². The van der Waals surface area contributed by atoms with Crippen LogP contribution in [0, 0.1) is 11.3 Å². The van der Waals surface area contributed by atoms with Gasteiger partial charge in [0, 0.05) is 18.9 Å². The molecule has 2 aromatic carbocycles. The molecule has 0 radical (unpaired) electrons. The summed E-state index contributed by atoms with van der Waals surface area (Å²) in [7, 11) is 0. The fraction of sp³-hybridized carbons (Fsp3) is 0.217. The number of carbonyl (C=O) groups is 1. The van der Waals surface area contributed by atoms with Gasteiger partial charge < -0.3 is 9.32 Å². The number of furan rings is 1. The van der Waals surface area contributed by atoms with Crippen molar-refractivity contribution in [3.05, 3.63) is 95.9 Å². The zero-order valence-electron chi connectivity index (χ0n) is 15.1. The average Bonchev–Trinajstić information content (AvgIpc) is 3.23. The van der Waals surface area contributed by atoms with Gasteiger partial charge in [-0.3, -0.25) is 4.79 Å². The predicted molar refractivity (Wildman–Crippen MR) is 104 cm³/mol. The topological polar surface area (TPSA) is 57.2 Å². The van der Waals surface area contributed by atoms with Crippen LogP contribution >= 0.6 is 0 Å². The van der Waals surface area contributed by atoms with Gasteiger partial charge in [0.05, 0.1) is 25.3 Å². The Labute approximate surface area is 159 Å². The molecule has 0 spiro atoms. The molecule has 1 heterocycles. The number of amides is 1. The monoisotopic (exact) mass is 358 g/mol. The Morgan fingerprint density at radius 1 is 0.963 bits per heavy atom. The molecule has 0 saturated carbocycles. The van der Waals surface area contributed by atoms with Gasteiger partial charge in [-0.2, -0.15) is 5.26 Å². The number of hydrogen-bond acceptors (Lipinski definition) is 3. The maximum atomic E-state index is 13.1. The molecule has 4 heteroatoms. The maximum absolute atomic E-state index is 13.1. The van der Waals surface area contributed by atoms with E-state index in [1.165, 1.54) is 0 Å². The van der Waals surface area contributed by atoms with E-state index in [4.69, 9.17) is 9.68 Å². The zero-order valence-corrected chi connectivity index (χ0v) is 15.1. The first-order valence-electron chi connectivity index (χ1n) is 9.05. The van der Waals surface area contributed by atoms with Crippen molar-refractivity contribution < 1.29 is 9.21 Å². The summed E-state index contributed by atoms with van der Waals surface area (Å²) in [6.07, 6.45) is 2.24. The Balaban J connectivity index is 1.82. The van der Waals surface area contributed by atoms with E-state index in [0.29, 0.717) is 25.9 Å². The summed E-state index contributed by atoms with van der Waals surface area (Å²) < 4.78 is 5.39. The van der Waals surface area contributed by atoms with Crippen molar-refractivity contribution >= 4 is 5.91 Å².